The molecule has 1 aromatic heterocycles. The maximum atomic E-state index is 12.6. The topological polar surface area (TPSA) is 101 Å². The largest absolute Gasteiger partial charge is 0.345 e. The van der Waals surface area contributed by atoms with Gasteiger partial charge in [0.15, 0.2) is 0 Å². The molecule has 0 bridgehead atoms. The first-order valence-corrected chi connectivity index (χ1v) is 8.20. The van der Waals surface area contributed by atoms with E-state index in [1.165, 1.54) is 6.33 Å². The molecule has 0 fully saturated rings. The lowest BCUT2D eigenvalue weighted by molar-refractivity contribution is 0.0935. The average Bonchev–Trinajstić information content (AvgIpc) is 2.62. The number of rotatable bonds is 5. The van der Waals surface area contributed by atoms with Crippen molar-refractivity contribution in [1.82, 2.24) is 15.3 Å². The molecule has 0 aliphatic heterocycles. The molecule has 1 unspecified atom stereocenters. The minimum absolute atomic E-state index is 0.224. The zero-order valence-electron chi connectivity index (χ0n) is 13.3. The third kappa shape index (κ3) is 3.87. The fourth-order valence-electron chi connectivity index (χ4n) is 2.64. The summed E-state index contributed by atoms with van der Waals surface area (Å²) in [5.41, 5.74) is 7.27. The first-order valence-electron chi connectivity index (χ1n) is 7.82. The van der Waals surface area contributed by atoms with Crippen molar-refractivity contribution in [2.24, 2.45) is 5.73 Å². The van der Waals surface area contributed by atoms with Crippen molar-refractivity contribution < 1.29 is 4.79 Å². The number of carbonyl (C=O) groups is 1. The van der Waals surface area contributed by atoms with Crippen LogP contribution in [0.15, 0.2) is 53.6 Å². The van der Waals surface area contributed by atoms with Crippen LogP contribution in [0.5, 0.6) is 0 Å². The zero-order valence-corrected chi connectivity index (χ0v) is 14.1. The number of aromatic nitrogens is 2. The quantitative estimate of drug-likeness (QED) is 0.653. The number of benzene rings is 2. The van der Waals surface area contributed by atoms with Crippen LogP contribution in [0, 0.1) is 0 Å². The third-order valence-electron chi connectivity index (χ3n) is 3.94. The molecule has 0 saturated carbocycles. The number of amides is 1. The van der Waals surface area contributed by atoms with Crippen molar-refractivity contribution in [3.05, 3.63) is 75.3 Å². The van der Waals surface area contributed by atoms with Crippen molar-refractivity contribution in [1.29, 1.82) is 0 Å². The first-order chi connectivity index (χ1) is 12.1. The lowest BCUT2D eigenvalue weighted by atomic mass is 10.0. The van der Waals surface area contributed by atoms with Gasteiger partial charge in [-0.05, 0) is 48.9 Å². The Hall–Kier alpha value is -2.70. The van der Waals surface area contributed by atoms with E-state index in [1.807, 2.05) is 12.1 Å². The predicted octanol–water partition coefficient (Wildman–Crippen LogP) is 2.40. The van der Waals surface area contributed by atoms with Gasteiger partial charge in [0.1, 0.15) is 0 Å². The van der Waals surface area contributed by atoms with E-state index in [4.69, 9.17) is 17.3 Å². The molecule has 0 radical (unpaired) electrons. The second kappa shape index (κ2) is 7.46. The zero-order chi connectivity index (χ0) is 17.8. The van der Waals surface area contributed by atoms with Crippen LogP contribution in [0.1, 0.15) is 28.4 Å². The van der Waals surface area contributed by atoms with Gasteiger partial charge >= 0.3 is 0 Å². The molecule has 0 saturated heterocycles. The van der Waals surface area contributed by atoms with Crippen molar-refractivity contribution in [2.45, 2.75) is 12.5 Å². The van der Waals surface area contributed by atoms with Crippen LogP contribution in [0.3, 0.4) is 0 Å². The number of nitrogens with zero attached hydrogens (tertiary/aromatic N) is 1. The van der Waals surface area contributed by atoms with Crippen LogP contribution in [0.25, 0.3) is 10.9 Å². The standard InChI is InChI=1S/C18H17ClN4O2/c19-13-4-1-11(2-5-13)15(7-8-20)23-17(24)12-3-6-14-16(9-12)21-10-22-18(14)25/h1-6,9-10,15H,7-8,20H2,(H,23,24)(H,21,22,25). The van der Waals surface area contributed by atoms with Gasteiger partial charge in [0.2, 0.25) is 0 Å². The monoisotopic (exact) mass is 356 g/mol. The van der Waals surface area contributed by atoms with E-state index >= 15 is 0 Å². The smallest absolute Gasteiger partial charge is 0.258 e. The number of nitrogens with two attached hydrogens (primary N) is 1. The lowest BCUT2D eigenvalue weighted by Gasteiger charge is -2.19. The Morgan fingerprint density at radius 3 is 2.72 bits per heavy atom. The molecule has 7 heteroatoms. The van der Waals surface area contributed by atoms with Gasteiger partial charge in [-0.1, -0.05) is 23.7 Å². The Morgan fingerprint density at radius 2 is 2.00 bits per heavy atom. The van der Waals surface area contributed by atoms with Crippen molar-refractivity contribution in [3.8, 4) is 0 Å². The molecule has 4 N–H and O–H groups in total. The van der Waals surface area contributed by atoms with Crippen molar-refractivity contribution >= 4 is 28.4 Å². The molecule has 0 aliphatic rings. The van der Waals surface area contributed by atoms with Crippen LogP contribution in [-0.4, -0.2) is 22.4 Å². The number of carbonyl (C=O) groups excluding carboxylic acids is 1. The van der Waals surface area contributed by atoms with Gasteiger partial charge in [-0.3, -0.25) is 9.59 Å². The highest BCUT2D eigenvalue weighted by Gasteiger charge is 2.16. The number of hydrogen-bond donors (Lipinski definition) is 3. The van der Waals surface area contributed by atoms with E-state index in [-0.39, 0.29) is 17.5 Å². The molecule has 25 heavy (non-hydrogen) atoms. The molecule has 1 heterocycles. The van der Waals surface area contributed by atoms with Gasteiger partial charge in [0.25, 0.3) is 11.5 Å². The SMILES string of the molecule is NCCC(NC(=O)c1ccc2c(=O)[nH]cnc2c1)c1ccc(Cl)cc1. The number of nitrogens with one attached hydrogen (secondary N) is 2. The van der Waals surface area contributed by atoms with Crippen LogP contribution in [0.2, 0.25) is 5.02 Å². The molecule has 2 aromatic carbocycles. The lowest BCUT2D eigenvalue weighted by Crippen LogP contribution is -2.30. The maximum Gasteiger partial charge on any atom is 0.258 e. The van der Waals surface area contributed by atoms with Crippen LogP contribution in [0.4, 0.5) is 0 Å². The van der Waals surface area contributed by atoms with Gasteiger partial charge in [-0.2, -0.15) is 0 Å². The molecule has 0 aliphatic carbocycles. The summed E-state index contributed by atoms with van der Waals surface area (Å²) in [6, 6.07) is 11.9. The second-order valence-corrected chi connectivity index (χ2v) is 6.05. The first kappa shape index (κ1) is 17.1. The number of aromatic amines is 1. The second-order valence-electron chi connectivity index (χ2n) is 5.62. The molecule has 3 aromatic rings. The molecular weight excluding hydrogens is 340 g/mol. The van der Waals surface area contributed by atoms with E-state index in [0.717, 1.165) is 5.56 Å². The van der Waals surface area contributed by atoms with E-state index in [1.54, 1.807) is 30.3 Å². The molecule has 1 amide bonds. The summed E-state index contributed by atoms with van der Waals surface area (Å²) in [5.74, 6) is -0.252. The number of hydrogen-bond acceptors (Lipinski definition) is 4. The Balaban J connectivity index is 1.86. The Morgan fingerprint density at radius 1 is 1.24 bits per heavy atom. The van der Waals surface area contributed by atoms with Crippen molar-refractivity contribution in [3.63, 3.8) is 0 Å². The van der Waals surface area contributed by atoms with Crippen molar-refractivity contribution in [2.75, 3.05) is 6.54 Å². The highest BCUT2D eigenvalue weighted by molar-refractivity contribution is 6.30. The molecule has 6 nitrogen and oxygen atoms in total. The van der Waals surface area contributed by atoms with E-state index in [2.05, 4.69) is 15.3 Å². The van der Waals surface area contributed by atoms with Crippen LogP contribution in [-0.2, 0) is 0 Å². The molecular formula is C18H17ClN4O2. The molecule has 0 spiro atoms. The fraction of sp³-hybridized carbons (Fsp3) is 0.167. The highest BCUT2D eigenvalue weighted by atomic mass is 35.5. The molecule has 1 atom stereocenters. The summed E-state index contributed by atoms with van der Waals surface area (Å²) >= 11 is 5.92. The minimum Gasteiger partial charge on any atom is -0.345 e. The average molecular weight is 357 g/mol. The Labute approximate surface area is 149 Å². The summed E-state index contributed by atoms with van der Waals surface area (Å²) < 4.78 is 0. The normalized spacial score (nSPS) is 12.1. The van der Waals surface area contributed by atoms with Gasteiger partial charge in [-0.25, -0.2) is 4.98 Å². The fourth-order valence-corrected chi connectivity index (χ4v) is 2.76. The number of H-pyrrole nitrogens is 1. The van der Waals surface area contributed by atoms with E-state index < -0.39 is 0 Å². The van der Waals surface area contributed by atoms with Gasteiger partial charge in [0.05, 0.1) is 23.3 Å². The number of fused-ring (bicyclic) bond motifs is 1. The number of halogens is 1. The minimum atomic E-state index is -0.252. The summed E-state index contributed by atoms with van der Waals surface area (Å²) in [7, 11) is 0. The Kier molecular flexibility index (Phi) is 5.11. The molecule has 128 valence electrons. The maximum absolute atomic E-state index is 12.6. The summed E-state index contributed by atoms with van der Waals surface area (Å²) in [6.07, 6.45) is 1.91. The van der Waals surface area contributed by atoms with E-state index in [9.17, 15) is 9.59 Å². The van der Waals surface area contributed by atoms with Gasteiger partial charge in [0, 0.05) is 10.6 Å². The Bertz CT molecular complexity index is 953. The highest BCUT2D eigenvalue weighted by Crippen LogP contribution is 2.20. The summed E-state index contributed by atoms with van der Waals surface area (Å²) in [4.78, 5) is 30.9. The van der Waals surface area contributed by atoms with E-state index in [0.29, 0.717) is 34.5 Å². The van der Waals surface area contributed by atoms with Gasteiger partial charge in [-0.15, -0.1) is 0 Å². The van der Waals surface area contributed by atoms with Gasteiger partial charge < -0.3 is 16.0 Å². The third-order valence-corrected chi connectivity index (χ3v) is 4.19. The predicted molar refractivity (Wildman–Crippen MR) is 97.7 cm³/mol. The molecule has 3 rings (SSSR count). The summed E-state index contributed by atoms with van der Waals surface area (Å²) in [5, 5.41) is 4.05. The summed E-state index contributed by atoms with van der Waals surface area (Å²) in [6.45, 7) is 0.433. The van der Waals surface area contributed by atoms with Crippen LogP contribution < -0.4 is 16.6 Å². The van der Waals surface area contributed by atoms with Crippen LogP contribution >= 0.6 is 11.6 Å².